The molecule has 0 saturated heterocycles. The summed E-state index contributed by atoms with van der Waals surface area (Å²) in [6, 6.07) is 7.88. The minimum Gasteiger partial charge on any atom is -0.476 e. The van der Waals surface area contributed by atoms with E-state index in [1.165, 1.54) is 0 Å². The molecule has 92 valence electrons. The molecule has 2 aromatic rings. The fourth-order valence-corrected chi connectivity index (χ4v) is 1.73. The van der Waals surface area contributed by atoms with Gasteiger partial charge in [-0.2, -0.15) is 10.4 Å². The lowest BCUT2D eigenvalue weighted by Crippen LogP contribution is -2.06. The molecule has 2 heterocycles. The van der Waals surface area contributed by atoms with Crippen molar-refractivity contribution in [2.24, 2.45) is 7.05 Å². The second kappa shape index (κ2) is 5.32. The van der Waals surface area contributed by atoms with Crippen molar-refractivity contribution in [3.8, 4) is 11.9 Å². The van der Waals surface area contributed by atoms with Gasteiger partial charge in [0.15, 0.2) is 0 Å². The van der Waals surface area contributed by atoms with E-state index in [1.54, 1.807) is 24.9 Å². The van der Waals surface area contributed by atoms with Gasteiger partial charge in [0.2, 0.25) is 5.88 Å². The number of nitrogens with zero attached hydrogens (tertiary/aromatic N) is 4. The minimum absolute atomic E-state index is 0.477. The maximum atomic E-state index is 9.03. The van der Waals surface area contributed by atoms with Crippen LogP contribution < -0.4 is 4.74 Å². The van der Waals surface area contributed by atoms with Gasteiger partial charge < -0.3 is 4.74 Å². The molecule has 0 aliphatic carbocycles. The normalized spacial score (nSPS) is 10.1. The predicted octanol–water partition coefficient (Wildman–Crippen LogP) is 1.62. The van der Waals surface area contributed by atoms with E-state index in [0.29, 0.717) is 30.2 Å². The molecular weight excluding hydrogens is 228 g/mol. The molecular formula is C13H14N4O. The van der Waals surface area contributed by atoms with Gasteiger partial charge in [-0.05, 0) is 19.1 Å². The van der Waals surface area contributed by atoms with Crippen LogP contribution in [-0.2, 0) is 13.5 Å². The second-order valence-electron chi connectivity index (χ2n) is 3.92. The fraction of sp³-hybridized carbons (Fsp3) is 0.308. The molecule has 0 atom stereocenters. The highest BCUT2D eigenvalue weighted by atomic mass is 16.5. The van der Waals surface area contributed by atoms with E-state index in [-0.39, 0.29) is 0 Å². The third kappa shape index (κ3) is 2.48. The zero-order chi connectivity index (χ0) is 13.0. The number of aryl methyl sites for hydroxylation is 2. The number of pyridine rings is 1. The summed E-state index contributed by atoms with van der Waals surface area (Å²) >= 11 is 0. The lowest BCUT2D eigenvalue weighted by Gasteiger charge is -2.06. The molecule has 0 aliphatic rings. The van der Waals surface area contributed by atoms with Crippen molar-refractivity contribution in [3.05, 3.63) is 41.3 Å². The Morgan fingerprint density at radius 3 is 2.94 bits per heavy atom. The number of hydrogen-bond acceptors (Lipinski definition) is 4. The van der Waals surface area contributed by atoms with Crippen molar-refractivity contribution in [2.45, 2.75) is 13.3 Å². The summed E-state index contributed by atoms with van der Waals surface area (Å²) in [6.45, 7) is 2.27. The van der Waals surface area contributed by atoms with Crippen molar-refractivity contribution in [3.63, 3.8) is 0 Å². The maximum absolute atomic E-state index is 9.03. The van der Waals surface area contributed by atoms with Crippen LogP contribution in [0.2, 0.25) is 0 Å². The number of hydrogen-bond donors (Lipinski definition) is 0. The molecule has 2 rings (SSSR count). The van der Waals surface area contributed by atoms with E-state index in [4.69, 9.17) is 10.00 Å². The van der Waals surface area contributed by atoms with Crippen LogP contribution in [0.25, 0.3) is 0 Å². The Balaban J connectivity index is 2.01. The second-order valence-corrected chi connectivity index (χ2v) is 3.92. The molecule has 2 aromatic heterocycles. The van der Waals surface area contributed by atoms with E-state index < -0.39 is 0 Å². The van der Waals surface area contributed by atoms with Crippen molar-refractivity contribution >= 4 is 0 Å². The Morgan fingerprint density at radius 2 is 2.28 bits per heavy atom. The summed E-state index contributed by atoms with van der Waals surface area (Å²) in [4.78, 5) is 4.21. The smallest absolute Gasteiger partial charge is 0.230 e. The lowest BCUT2D eigenvalue weighted by atomic mass is 10.3. The molecule has 18 heavy (non-hydrogen) atoms. The van der Waals surface area contributed by atoms with Crippen molar-refractivity contribution < 1.29 is 4.74 Å². The Kier molecular flexibility index (Phi) is 3.58. The summed E-state index contributed by atoms with van der Waals surface area (Å²) in [5.41, 5.74) is 2.15. The molecule has 0 fully saturated rings. The summed E-state index contributed by atoms with van der Waals surface area (Å²) < 4.78 is 7.21. The van der Waals surface area contributed by atoms with Gasteiger partial charge in [0.1, 0.15) is 11.6 Å². The van der Waals surface area contributed by atoms with Crippen LogP contribution in [0.4, 0.5) is 0 Å². The van der Waals surface area contributed by atoms with Gasteiger partial charge in [-0.3, -0.25) is 4.98 Å². The quantitative estimate of drug-likeness (QED) is 0.817. The zero-order valence-electron chi connectivity index (χ0n) is 10.4. The van der Waals surface area contributed by atoms with Gasteiger partial charge >= 0.3 is 0 Å². The summed E-state index contributed by atoms with van der Waals surface area (Å²) in [7, 11) is 1.77. The van der Waals surface area contributed by atoms with E-state index in [1.807, 2.05) is 18.2 Å². The molecule has 0 aromatic carbocycles. The van der Waals surface area contributed by atoms with Gasteiger partial charge in [-0.15, -0.1) is 0 Å². The van der Waals surface area contributed by atoms with E-state index >= 15 is 0 Å². The maximum Gasteiger partial charge on any atom is 0.230 e. The highest BCUT2D eigenvalue weighted by molar-refractivity contribution is 5.41. The Bertz CT molecular complexity index is 569. The van der Waals surface area contributed by atoms with Gasteiger partial charge in [0.25, 0.3) is 0 Å². The van der Waals surface area contributed by atoms with Crippen LogP contribution in [0.1, 0.15) is 17.0 Å². The highest BCUT2D eigenvalue weighted by Gasteiger charge is 2.13. The van der Waals surface area contributed by atoms with Gasteiger partial charge in [-0.25, -0.2) is 4.68 Å². The average molecular weight is 242 g/mol. The molecule has 0 bridgehead atoms. The van der Waals surface area contributed by atoms with Crippen LogP contribution in [0.15, 0.2) is 24.4 Å². The standard InChI is InChI=1S/C13H14N4O/c1-10-12(9-14)13(17(2)16-10)18-8-6-11-5-3-4-7-15-11/h3-5,7H,6,8H2,1-2H3. The van der Waals surface area contributed by atoms with Gasteiger partial charge in [0, 0.05) is 25.4 Å². The van der Waals surface area contributed by atoms with Crippen molar-refractivity contribution in [2.75, 3.05) is 6.61 Å². The van der Waals surface area contributed by atoms with Crippen LogP contribution in [0.5, 0.6) is 5.88 Å². The van der Waals surface area contributed by atoms with E-state index in [9.17, 15) is 0 Å². The molecule has 0 radical (unpaired) electrons. The summed E-state index contributed by atoms with van der Waals surface area (Å²) in [5.74, 6) is 0.519. The highest BCUT2D eigenvalue weighted by Crippen LogP contribution is 2.19. The number of ether oxygens (including phenoxy) is 1. The largest absolute Gasteiger partial charge is 0.476 e. The third-order valence-corrected chi connectivity index (χ3v) is 2.60. The number of nitriles is 1. The van der Waals surface area contributed by atoms with E-state index in [2.05, 4.69) is 16.2 Å². The zero-order valence-corrected chi connectivity index (χ0v) is 10.4. The first-order valence-corrected chi connectivity index (χ1v) is 5.68. The van der Waals surface area contributed by atoms with E-state index in [0.717, 1.165) is 5.69 Å². The third-order valence-electron chi connectivity index (χ3n) is 2.60. The Labute approximate surface area is 106 Å². The van der Waals surface area contributed by atoms with Gasteiger partial charge in [0.05, 0.1) is 12.3 Å². The van der Waals surface area contributed by atoms with Crippen LogP contribution >= 0.6 is 0 Å². The van der Waals surface area contributed by atoms with Gasteiger partial charge in [-0.1, -0.05) is 6.07 Å². The molecule has 5 heteroatoms. The molecule has 0 spiro atoms. The average Bonchev–Trinajstić information content (AvgIpc) is 2.65. The van der Waals surface area contributed by atoms with Crippen molar-refractivity contribution in [1.29, 1.82) is 5.26 Å². The SMILES string of the molecule is Cc1nn(C)c(OCCc2ccccn2)c1C#N. The van der Waals surface area contributed by atoms with Crippen LogP contribution in [0, 0.1) is 18.3 Å². The Hall–Kier alpha value is -2.35. The predicted molar refractivity (Wildman–Crippen MR) is 66.1 cm³/mol. The first-order valence-electron chi connectivity index (χ1n) is 5.68. The molecule has 0 aliphatic heterocycles. The Morgan fingerprint density at radius 1 is 1.44 bits per heavy atom. The number of aromatic nitrogens is 3. The van der Waals surface area contributed by atoms with Crippen LogP contribution in [-0.4, -0.2) is 21.4 Å². The lowest BCUT2D eigenvalue weighted by molar-refractivity contribution is 0.292. The molecule has 0 amide bonds. The first-order chi connectivity index (χ1) is 8.72. The summed E-state index contributed by atoms with van der Waals surface area (Å²) in [5, 5.41) is 13.2. The molecule has 0 saturated carbocycles. The minimum atomic E-state index is 0.477. The molecule has 5 nitrogen and oxygen atoms in total. The number of rotatable bonds is 4. The monoisotopic (exact) mass is 242 g/mol. The van der Waals surface area contributed by atoms with Crippen molar-refractivity contribution in [1.82, 2.24) is 14.8 Å². The fourth-order valence-electron chi connectivity index (χ4n) is 1.73. The molecule has 0 unspecified atom stereocenters. The summed E-state index contributed by atoms with van der Waals surface area (Å²) in [6.07, 6.45) is 2.46. The first kappa shape index (κ1) is 12.1. The molecule has 0 N–H and O–H groups in total. The van der Waals surface area contributed by atoms with Crippen LogP contribution in [0.3, 0.4) is 0 Å². The topological polar surface area (TPSA) is 63.7 Å².